The number of ether oxygens (including phenoxy) is 2. The summed E-state index contributed by atoms with van der Waals surface area (Å²) < 4.78 is 10.5. The van der Waals surface area contributed by atoms with Crippen LogP contribution in [0.3, 0.4) is 0 Å². The molecule has 1 atom stereocenters. The van der Waals surface area contributed by atoms with Crippen LogP contribution in [0.5, 0.6) is 5.75 Å². The fraction of sp³-hybridized carbons (Fsp3) is 0.417. The maximum absolute atomic E-state index is 12.0. The van der Waals surface area contributed by atoms with Crippen molar-refractivity contribution in [1.29, 1.82) is 0 Å². The molecular formula is C12H15NO3. The van der Waals surface area contributed by atoms with Gasteiger partial charge in [-0.3, -0.25) is 4.79 Å². The summed E-state index contributed by atoms with van der Waals surface area (Å²) in [6.45, 7) is 2.85. The van der Waals surface area contributed by atoms with Gasteiger partial charge < -0.3 is 14.4 Å². The lowest BCUT2D eigenvalue weighted by Gasteiger charge is -2.30. The quantitative estimate of drug-likeness (QED) is 0.758. The Morgan fingerprint density at radius 1 is 1.50 bits per heavy atom. The highest BCUT2D eigenvalue weighted by molar-refractivity contribution is 5.98. The number of carbonyl (C=O) groups excluding carboxylic acids is 1. The molecule has 4 nitrogen and oxygen atoms in total. The summed E-state index contributed by atoms with van der Waals surface area (Å²) in [5, 5.41) is 0. The highest BCUT2D eigenvalue weighted by Gasteiger charge is 2.26. The molecule has 1 aliphatic rings. The van der Waals surface area contributed by atoms with Gasteiger partial charge in [-0.05, 0) is 19.1 Å². The predicted octanol–water partition coefficient (Wildman–Crippen LogP) is 1.45. The van der Waals surface area contributed by atoms with E-state index < -0.39 is 6.10 Å². The molecule has 1 unspecified atom stereocenters. The van der Waals surface area contributed by atoms with Crippen molar-refractivity contribution in [3.05, 3.63) is 24.3 Å². The number of benzene rings is 1. The maximum Gasteiger partial charge on any atom is 0.256 e. The van der Waals surface area contributed by atoms with Gasteiger partial charge in [-0.1, -0.05) is 12.1 Å². The van der Waals surface area contributed by atoms with E-state index in [-0.39, 0.29) is 5.91 Å². The standard InChI is InChI=1S/C12H15NO3/c1-9(15-2)12(14)13-7-8-16-11-6-4-3-5-10(11)13/h3-6,9H,7-8H2,1-2H3. The van der Waals surface area contributed by atoms with Crippen molar-refractivity contribution < 1.29 is 14.3 Å². The number of nitrogens with zero attached hydrogens (tertiary/aromatic N) is 1. The Bertz CT molecular complexity index is 392. The molecule has 0 spiro atoms. The van der Waals surface area contributed by atoms with Crippen LogP contribution in [0.15, 0.2) is 24.3 Å². The molecule has 0 aliphatic carbocycles. The van der Waals surface area contributed by atoms with E-state index in [0.29, 0.717) is 13.2 Å². The number of anilines is 1. The van der Waals surface area contributed by atoms with Crippen molar-refractivity contribution >= 4 is 11.6 Å². The van der Waals surface area contributed by atoms with Gasteiger partial charge in [0, 0.05) is 7.11 Å². The zero-order chi connectivity index (χ0) is 11.5. The lowest BCUT2D eigenvalue weighted by atomic mass is 10.2. The Balaban J connectivity index is 2.28. The average Bonchev–Trinajstić information content (AvgIpc) is 2.36. The third-order valence-electron chi connectivity index (χ3n) is 2.70. The zero-order valence-corrected chi connectivity index (χ0v) is 9.47. The highest BCUT2D eigenvalue weighted by atomic mass is 16.5. The molecule has 0 saturated carbocycles. The Labute approximate surface area is 94.8 Å². The lowest BCUT2D eigenvalue weighted by Crippen LogP contribution is -2.43. The van der Waals surface area contributed by atoms with E-state index in [4.69, 9.17) is 9.47 Å². The second-order valence-corrected chi connectivity index (χ2v) is 3.68. The minimum absolute atomic E-state index is 0.0294. The fourth-order valence-electron chi connectivity index (χ4n) is 1.72. The summed E-state index contributed by atoms with van der Waals surface area (Å²) in [6.07, 6.45) is -0.425. The second-order valence-electron chi connectivity index (χ2n) is 3.68. The Morgan fingerprint density at radius 3 is 3.00 bits per heavy atom. The third-order valence-corrected chi connectivity index (χ3v) is 2.70. The summed E-state index contributed by atoms with van der Waals surface area (Å²) in [7, 11) is 1.54. The van der Waals surface area contributed by atoms with E-state index in [2.05, 4.69) is 0 Å². The molecular weight excluding hydrogens is 206 g/mol. The maximum atomic E-state index is 12.0. The van der Waals surface area contributed by atoms with Crippen LogP contribution in [-0.4, -0.2) is 32.3 Å². The van der Waals surface area contributed by atoms with Crippen molar-refractivity contribution in [2.45, 2.75) is 13.0 Å². The molecule has 1 aliphatic heterocycles. The number of hydrogen-bond donors (Lipinski definition) is 0. The molecule has 16 heavy (non-hydrogen) atoms. The smallest absolute Gasteiger partial charge is 0.256 e. The molecule has 1 heterocycles. The van der Waals surface area contributed by atoms with Crippen LogP contribution >= 0.6 is 0 Å². The van der Waals surface area contributed by atoms with Crippen LogP contribution in [0.4, 0.5) is 5.69 Å². The first-order chi connectivity index (χ1) is 7.74. The van der Waals surface area contributed by atoms with Crippen molar-refractivity contribution in [1.82, 2.24) is 0 Å². The van der Waals surface area contributed by atoms with E-state index in [9.17, 15) is 4.79 Å². The van der Waals surface area contributed by atoms with Gasteiger partial charge in [-0.25, -0.2) is 0 Å². The Kier molecular flexibility index (Phi) is 3.10. The van der Waals surface area contributed by atoms with Crippen LogP contribution in [0.1, 0.15) is 6.92 Å². The molecule has 86 valence electrons. The molecule has 1 aromatic carbocycles. The number of carbonyl (C=O) groups is 1. The number of amides is 1. The first-order valence-corrected chi connectivity index (χ1v) is 5.30. The second kappa shape index (κ2) is 4.53. The minimum Gasteiger partial charge on any atom is -0.490 e. The van der Waals surface area contributed by atoms with Crippen LogP contribution in [-0.2, 0) is 9.53 Å². The van der Waals surface area contributed by atoms with Crippen molar-refractivity contribution in [2.75, 3.05) is 25.2 Å². The number of methoxy groups -OCH3 is 1. The van der Waals surface area contributed by atoms with Gasteiger partial charge in [0.1, 0.15) is 18.5 Å². The normalized spacial score (nSPS) is 16.2. The topological polar surface area (TPSA) is 38.8 Å². The van der Waals surface area contributed by atoms with Crippen molar-refractivity contribution in [2.24, 2.45) is 0 Å². The van der Waals surface area contributed by atoms with Gasteiger partial charge in [0.25, 0.3) is 5.91 Å². The Hall–Kier alpha value is -1.55. The van der Waals surface area contributed by atoms with Crippen LogP contribution in [0.2, 0.25) is 0 Å². The highest BCUT2D eigenvalue weighted by Crippen LogP contribution is 2.31. The van der Waals surface area contributed by atoms with E-state index >= 15 is 0 Å². The molecule has 4 heteroatoms. The third kappa shape index (κ3) is 1.88. The minimum atomic E-state index is -0.425. The molecule has 0 N–H and O–H groups in total. The van der Waals surface area contributed by atoms with E-state index in [1.807, 2.05) is 24.3 Å². The number of fused-ring (bicyclic) bond motifs is 1. The molecule has 1 amide bonds. The molecule has 0 aromatic heterocycles. The van der Waals surface area contributed by atoms with Crippen LogP contribution in [0, 0.1) is 0 Å². The molecule has 1 aromatic rings. The average molecular weight is 221 g/mol. The summed E-state index contributed by atoms with van der Waals surface area (Å²) in [5.74, 6) is 0.726. The monoisotopic (exact) mass is 221 g/mol. The summed E-state index contributed by atoms with van der Waals surface area (Å²) >= 11 is 0. The summed E-state index contributed by atoms with van der Waals surface area (Å²) in [6, 6.07) is 7.54. The number of hydrogen-bond acceptors (Lipinski definition) is 3. The summed E-state index contributed by atoms with van der Waals surface area (Å²) in [5.41, 5.74) is 0.822. The van der Waals surface area contributed by atoms with Crippen LogP contribution in [0.25, 0.3) is 0 Å². The van der Waals surface area contributed by atoms with Gasteiger partial charge in [-0.15, -0.1) is 0 Å². The summed E-state index contributed by atoms with van der Waals surface area (Å²) in [4.78, 5) is 13.8. The zero-order valence-electron chi connectivity index (χ0n) is 9.47. The SMILES string of the molecule is COC(C)C(=O)N1CCOc2ccccc21. The first-order valence-electron chi connectivity index (χ1n) is 5.30. The molecule has 0 fully saturated rings. The van der Waals surface area contributed by atoms with Gasteiger partial charge in [-0.2, -0.15) is 0 Å². The molecule has 2 rings (SSSR count). The van der Waals surface area contributed by atoms with Crippen LogP contribution < -0.4 is 9.64 Å². The lowest BCUT2D eigenvalue weighted by molar-refractivity contribution is -0.127. The van der Waals surface area contributed by atoms with Gasteiger partial charge in [0.2, 0.25) is 0 Å². The fourth-order valence-corrected chi connectivity index (χ4v) is 1.72. The predicted molar refractivity (Wildman–Crippen MR) is 60.8 cm³/mol. The molecule has 0 saturated heterocycles. The molecule has 0 radical (unpaired) electrons. The number of rotatable bonds is 2. The van der Waals surface area contributed by atoms with Gasteiger partial charge >= 0.3 is 0 Å². The number of para-hydroxylation sites is 2. The van der Waals surface area contributed by atoms with Crippen molar-refractivity contribution in [3.63, 3.8) is 0 Å². The first kappa shape index (κ1) is 11.0. The van der Waals surface area contributed by atoms with E-state index in [0.717, 1.165) is 11.4 Å². The Morgan fingerprint density at radius 2 is 2.25 bits per heavy atom. The van der Waals surface area contributed by atoms with Gasteiger partial charge in [0.15, 0.2) is 0 Å². The molecule has 0 bridgehead atoms. The van der Waals surface area contributed by atoms with Crippen molar-refractivity contribution in [3.8, 4) is 5.75 Å². The largest absolute Gasteiger partial charge is 0.490 e. The van der Waals surface area contributed by atoms with E-state index in [1.165, 1.54) is 7.11 Å². The van der Waals surface area contributed by atoms with E-state index in [1.54, 1.807) is 11.8 Å². The van der Waals surface area contributed by atoms with Gasteiger partial charge in [0.05, 0.1) is 12.2 Å².